The van der Waals surface area contributed by atoms with Crippen molar-refractivity contribution in [3.05, 3.63) is 58.6 Å². The second-order valence-electron chi connectivity index (χ2n) is 7.05. The minimum absolute atomic E-state index is 0.0611. The van der Waals surface area contributed by atoms with Crippen LogP contribution in [0.2, 0.25) is 5.02 Å². The number of nitrogens with one attached hydrogen (secondary N) is 1. The standard InChI is InChI=1S/C21H24ClN3O3S/c1-4-5-12-25-15(3)24-29(27,28)20-13-17(8-11-19(20)25)21(26)23-14(2)16-6-9-18(22)10-7-16/h6-11,13-14H,4-5,12H2,1-3H3,(H,23,26)/t14-/m1/s1. The summed E-state index contributed by atoms with van der Waals surface area (Å²) < 4.78 is 29.1. The van der Waals surface area contributed by atoms with Crippen molar-refractivity contribution in [2.45, 2.75) is 44.6 Å². The van der Waals surface area contributed by atoms with Gasteiger partial charge in [-0.1, -0.05) is 37.1 Å². The fourth-order valence-corrected chi connectivity index (χ4v) is 4.63. The third-order valence-electron chi connectivity index (χ3n) is 4.89. The molecule has 0 aliphatic carbocycles. The van der Waals surface area contributed by atoms with E-state index in [0.29, 0.717) is 23.1 Å². The Morgan fingerprint density at radius 2 is 1.90 bits per heavy atom. The number of hydrogen-bond acceptors (Lipinski definition) is 4. The largest absolute Gasteiger partial charge is 0.346 e. The Morgan fingerprint density at radius 3 is 2.55 bits per heavy atom. The third kappa shape index (κ3) is 4.62. The molecule has 154 valence electrons. The third-order valence-corrected chi connectivity index (χ3v) is 6.53. The smallest absolute Gasteiger partial charge is 0.286 e. The Hall–Kier alpha value is -2.38. The van der Waals surface area contributed by atoms with E-state index in [-0.39, 0.29) is 22.4 Å². The molecule has 1 atom stereocenters. The molecular weight excluding hydrogens is 410 g/mol. The maximum absolute atomic E-state index is 12.7. The van der Waals surface area contributed by atoms with Crippen LogP contribution in [0.4, 0.5) is 5.69 Å². The van der Waals surface area contributed by atoms with E-state index in [1.165, 1.54) is 6.07 Å². The summed E-state index contributed by atoms with van der Waals surface area (Å²) >= 11 is 5.91. The van der Waals surface area contributed by atoms with Gasteiger partial charge in [0.1, 0.15) is 10.7 Å². The van der Waals surface area contributed by atoms with E-state index < -0.39 is 10.0 Å². The fraction of sp³-hybridized carbons (Fsp3) is 0.333. The summed E-state index contributed by atoms with van der Waals surface area (Å²) in [4.78, 5) is 14.7. The Kier molecular flexibility index (Phi) is 6.29. The minimum Gasteiger partial charge on any atom is -0.346 e. The molecule has 0 unspecified atom stereocenters. The van der Waals surface area contributed by atoms with Crippen LogP contribution >= 0.6 is 11.6 Å². The highest BCUT2D eigenvalue weighted by atomic mass is 35.5. The predicted octanol–water partition coefficient (Wildman–Crippen LogP) is 4.56. The van der Waals surface area contributed by atoms with Crippen LogP contribution in [-0.4, -0.2) is 26.7 Å². The lowest BCUT2D eigenvalue weighted by atomic mass is 10.1. The number of amides is 1. The van der Waals surface area contributed by atoms with Gasteiger partial charge in [0.2, 0.25) is 0 Å². The number of halogens is 1. The highest BCUT2D eigenvalue weighted by Gasteiger charge is 2.29. The van der Waals surface area contributed by atoms with Crippen molar-refractivity contribution in [1.29, 1.82) is 0 Å². The van der Waals surface area contributed by atoms with Crippen molar-refractivity contribution in [3.8, 4) is 0 Å². The summed E-state index contributed by atoms with van der Waals surface area (Å²) in [5.41, 5.74) is 1.74. The monoisotopic (exact) mass is 433 g/mol. The molecular formula is C21H24ClN3O3S. The van der Waals surface area contributed by atoms with E-state index >= 15 is 0 Å². The molecule has 1 heterocycles. The molecule has 0 saturated carbocycles. The number of nitrogens with zero attached hydrogens (tertiary/aromatic N) is 2. The molecule has 1 amide bonds. The van der Waals surface area contributed by atoms with Crippen molar-refractivity contribution < 1.29 is 13.2 Å². The van der Waals surface area contributed by atoms with E-state index in [4.69, 9.17) is 11.6 Å². The second-order valence-corrected chi connectivity index (χ2v) is 9.06. The molecule has 8 heteroatoms. The molecule has 1 N–H and O–H groups in total. The molecule has 1 aliphatic rings. The SMILES string of the molecule is CCCCN1C(C)=NS(=O)(=O)c2cc(C(=O)N[C@H](C)c3ccc(Cl)cc3)ccc21. The van der Waals surface area contributed by atoms with Crippen molar-refractivity contribution >= 4 is 39.1 Å². The molecule has 29 heavy (non-hydrogen) atoms. The average Bonchev–Trinajstić information content (AvgIpc) is 2.67. The molecule has 2 aromatic carbocycles. The van der Waals surface area contributed by atoms with Gasteiger partial charge in [0.15, 0.2) is 0 Å². The van der Waals surface area contributed by atoms with Gasteiger partial charge in [-0.05, 0) is 56.2 Å². The number of sulfonamides is 1. The summed E-state index contributed by atoms with van der Waals surface area (Å²) in [6, 6.07) is 11.7. The first-order chi connectivity index (χ1) is 13.7. The van der Waals surface area contributed by atoms with E-state index in [0.717, 1.165) is 18.4 Å². The summed E-state index contributed by atoms with van der Waals surface area (Å²) in [5.74, 6) is 0.0938. The van der Waals surface area contributed by atoms with Crippen LogP contribution in [0.15, 0.2) is 51.8 Å². The van der Waals surface area contributed by atoms with E-state index in [1.54, 1.807) is 31.2 Å². The summed E-state index contributed by atoms with van der Waals surface area (Å²) in [6.45, 7) is 6.29. The van der Waals surface area contributed by atoms with Crippen molar-refractivity contribution in [2.75, 3.05) is 11.4 Å². The molecule has 3 rings (SSSR count). The van der Waals surface area contributed by atoms with Crippen LogP contribution in [0.5, 0.6) is 0 Å². The van der Waals surface area contributed by atoms with Crippen LogP contribution in [0.3, 0.4) is 0 Å². The van der Waals surface area contributed by atoms with Crippen LogP contribution in [-0.2, 0) is 10.0 Å². The first-order valence-corrected chi connectivity index (χ1v) is 11.3. The fourth-order valence-electron chi connectivity index (χ4n) is 3.24. The Balaban J connectivity index is 1.87. The van der Waals surface area contributed by atoms with Gasteiger partial charge in [-0.25, -0.2) is 0 Å². The van der Waals surface area contributed by atoms with Crippen molar-refractivity contribution in [3.63, 3.8) is 0 Å². The van der Waals surface area contributed by atoms with E-state index in [9.17, 15) is 13.2 Å². The topological polar surface area (TPSA) is 78.8 Å². The molecule has 6 nitrogen and oxygen atoms in total. The molecule has 0 aromatic heterocycles. The number of anilines is 1. The number of carbonyl (C=O) groups excluding carboxylic acids is 1. The van der Waals surface area contributed by atoms with Gasteiger partial charge in [-0.2, -0.15) is 8.42 Å². The second kappa shape index (κ2) is 8.55. The predicted molar refractivity (Wildman–Crippen MR) is 116 cm³/mol. The number of rotatable bonds is 6. The number of hydrogen-bond donors (Lipinski definition) is 1. The molecule has 0 bridgehead atoms. The van der Waals surface area contributed by atoms with Gasteiger partial charge < -0.3 is 10.2 Å². The Bertz CT molecular complexity index is 1050. The molecule has 2 aromatic rings. The van der Waals surface area contributed by atoms with Crippen LogP contribution in [0.1, 0.15) is 55.6 Å². The van der Waals surface area contributed by atoms with Crippen LogP contribution in [0, 0.1) is 0 Å². The number of benzene rings is 2. The molecule has 0 fully saturated rings. The molecule has 0 radical (unpaired) electrons. The molecule has 1 aliphatic heterocycles. The van der Waals surface area contributed by atoms with Gasteiger partial charge in [0.05, 0.1) is 11.7 Å². The zero-order valence-corrected chi connectivity index (χ0v) is 18.2. The number of fused-ring (bicyclic) bond motifs is 1. The zero-order valence-electron chi connectivity index (χ0n) is 16.6. The van der Waals surface area contributed by atoms with Crippen LogP contribution in [0.25, 0.3) is 0 Å². The highest BCUT2D eigenvalue weighted by Crippen LogP contribution is 2.33. The zero-order chi connectivity index (χ0) is 21.2. The van der Waals surface area contributed by atoms with Gasteiger partial charge in [-0.3, -0.25) is 4.79 Å². The summed E-state index contributed by atoms with van der Waals surface area (Å²) in [7, 11) is -3.84. The Labute approximate surface area is 176 Å². The minimum atomic E-state index is -3.84. The number of unbranched alkanes of at least 4 members (excludes halogenated alkanes) is 1. The first kappa shape index (κ1) is 21.3. The van der Waals surface area contributed by atoms with Gasteiger partial charge in [0, 0.05) is 17.1 Å². The number of amidine groups is 1. The Morgan fingerprint density at radius 1 is 1.21 bits per heavy atom. The summed E-state index contributed by atoms with van der Waals surface area (Å²) in [5, 5.41) is 3.52. The summed E-state index contributed by atoms with van der Waals surface area (Å²) in [6.07, 6.45) is 1.89. The van der Waals surface area contributed by atoms with Crippen molar-refractivity contribution in [2.24, 2.45) is 4.40 Å². The van der Waals surface area contributed by atoms with Crippen molar-refractivity contribution in [1.82, 2.24) is 5.32 Å². The normalized spacial score (nSPS) is 16.0. The van der Waals surface area contributed by atoms with Gasteiger partial charge >= 0.3 is 0 Å². The first-order valence-electron chi connectivity index (χ1n) is 9.52. The van der Waals surface area contributed by atoms with E-state index in [2.05, 4.69) is 16.6 Å². The lowest BCUT2D eigenvalue weighted by Crippen LogP contribution is -2.35. The molecule has 0 spiro atoms. The molecule has 0 saturated heterocycles. The maximum Gasteiger partial charge on any atom is 0.286 e. The van der Waals surface area contributed by atoms with E-state index in [1.807, 2.05) is 24.0 Å². The van der Waals surface area contributed by atoms with Crippen LogP contribution < -0.4 is 10.2 Å². The van der Waals surface area contributed by atoms with Gasteiger partial charge in [-0.15, -0.1) is 4.40 Å². The highest BCUT2D eigenvalue weighted by molar-refractivity contribution is 7.90. The maximum atomic E-state index is 12.7. The lowest BCUT2D eigenvalue weighted by Gasteiger charge is -2.29. The quantitative estimate of drug-likeness (QED) is 0.724. The van der Waals surface area contributed by atoms with Gasteiger partial charge in [0.25, 0.3) is 15.9 Å². The number of carbonyl (C=O) groups is 1. The lowest BCUT2D eigenvalue weighted by molar-refractivity contribution is 0.0939. The average molecular weight is 434 g/mol.